The Bertz CT molecular complexity index is 1170. The molecule has 4 N–H and O–H groups in total. The molecular formula is C23H27ClFN5O3. The fourth-order valence-electron chi connectivity index (χ4n) is 4.43. The van der Waals surface area contributed by atoms with Crippen LogP contribution in [0.15, 0.2) is 30.6 Å². The normalized spacial score (nSPS) is 18.5. The van der Waals surface area contributed by atoms with Crippen molar-refractivity contribution in [1.82, 2.24) is 19.7 Å². The zero-order valence-corrected chi connectivity index (χ0v) is 19.1. The highest BCUT2D eigenvalue weighted by molar-refractivity contribution is 5.98. The van der Waals surface area contributed by atoms with E-state index in [4.69, 9.17) is 5.73 Å². The third-order valence-corrected chi connectivity index (χ3v) is 6.16. The van der Waals surface area contributed by atoms with Gasteiger partial charge in [-0.25, -0.2) is 14.4 Å². The number of nitrogens with one attached hydrogen (secondary N) is 1. The molecule has 10 heteroatoms. The van der Waals surface area contributed by atoms with Crippen LogP contribution in [0.25, 0.3) is 5.65 Å². The number of carbonyl (C=O) groups is 2. The molecule has 176 valence electrons. The average Bonchev–Trinajstić information content (AvgIpc) is 3.04. The fourth-order valence-corrected chi connectivity index (χ4v) is 4.43. The van der Waals surface area contributed by atoms with Crippen LogP contribution in [0, 0.1) is 18.7 Å². The summed E-state index contributed by atoms with van der Waals surface area (Å²) in [6.45, 7) is 2.58. The summed E-state index contributed by atoms with van der Waals surface area (Å²) in [4.78, 5) is 32.9. The number of halogens is 2. The van der Waals surface area contributed by atoms with E-state index in [1.807, 2.05) is 0 Å². The van der Waals surface area contributed by atoms with E-state index in [9.17, 15) is 19.1 Å². The van der Waals surface area contributed by atoms with Crippen molar-refractivity contribution in [3.63, 3.8) is 0 Å². The summed E-state index contributed by atoms with van der Waals surface area (Å²) in [6, 6.07) is 5.80. The lowest BCUT2D eigenvalue weighted by Crippen LogP contribution is -2.31. The summed E-state index contributed by atoms with van der Waals surface area (Å²) in [5, 5.41) is 14.2. The smallest absolute Gasteiger partial charge is 0.271 e. The first-order chi connectivity index (χ1) is 15.3. The molecule has 4 rings (SSSR count). The summed E-state index contributed by atoms with van der Waals surface area (Å²) in [5.74, 6) is -1.17. The molecule has 0 bridgehead atoms. The second kappa shape index (κ2) is 10.3. The number of Topliss-reactive ketones (excluding diaryl/α,β-unsaturated/α-hetero) is 1. The van der Waals surface area contributed by atoms with Crippen LogP contribution in [0.1, 0.15) is 57.8 Å². The molecule has 2 atom stereocenters. The van der Waals surface area contributed by atoms with Crippen LogP contribution in [0.2, 0.25) is 0 Å². The quantitative estimate of drug-likeness (QED) is 0.471. The predicted octanol–water partition coefficient (Wildman–Crippen LogP) is 2.98. The summed E-state index contributed by atoms with van der Waals surface area (Å²) in [7, 11) is 0. The Balaban J connectivity index is 0.00000306. The van der Waals surface area contributed by atoms with Crippen molar-refractivity contribution < 1.29 is 19.1 Å². The van der Waals surface area contributed by atoms with Crippen LogP contribution in [0.4, 0.5) is 4.39 Å². The Morgan fingerprint density at radius 1 is 1.30 bits per heavy atom. The Kier molecular flexibility index (Phi) is 7.65. The molecule has 1 aliphatic rings. The van der Waals surface area contributed by atoms with Crippen LogP contribution >= 0.6 is 12.4 Å². The van der Waals surface area contributed by atoms with Crippen LogP contribution in [-0.2, 0) is 6.42 Å². The number of nitrogens with two attached hydrogens (primary N) is 1. The van der Waals surface area contributed by atoms with E-state index < -0.39 is 5.91 Å². The number of aromatic hydroxyl groups is 1. The van der Waals surface area contributed by atoms with Crippen molar-refractivity contribution in [3.8, 4) is 5.88 Å². The van der Waals surface area contributed by atoms with Crippen LogP contribution in [-0.4, -0.2) is 43.8 Å². The van der Waals surface area contributed by atoms with Gasteiger partial charge in [0.05, 0.1) is 0 Å². The summed E-state index contributed by atoms with van der Waals surface area (Å²) < 4.78 is 14.6. The van der Waals surface area contributed by atoms with E-state index in [0.29, 0.717) is 36.1 Å². The maximum atomic E-state index is 13.2. The molecular weight excluding hydrogens is 449 g/mol. The molecule has 33 heavy (non-hydrogen) atoms. The van der Waals surface area contributed by atoms with E-state index in [-0.39, 0.29) is 53.2 Å². The lowest BCUT2D eigenvalue weighted by atomic mass is 9.87. The second-order valence-electron chi connectivity index (χ2n) is 8.29. The molecule has 1 aromatic carbocycles. The number of ketones is 1. The number of benzene rings is 1. The van der Waals surface area contributed by atoms with Gasteiger partial charge in [-0.2, -0.15) is 0 Å². The first-order valence-electron chi connectivity index (χ1n) is 10.7. The summed E-state index contributed by atoms with van der Waals surface area (Å²) in [6.07, 6.45) is 4.91. The van der Waals surface area contributed by atoms with Gasteiger partial charge in [0.25, 0.3) is 5.91 Å². The number of amides is 1. The van der Waals surface area contributed by atoms with Gasteiger partial charge >= 0.3 is 0 Å². The molecule has 3 heterocycles. The molecule has 0 spiro atoms. The number of primary amides is 1. The van der Waals surface area contributed by atoms with Gasteiger partial charge in [-0.15, -0.1) is 12.4 Å². The molecule has 1 aliphatic heterocycles. The fraction of sp³-hybridized carbons (Fsp3) is 0.391. The summed E-state index contributed by atoms with van der Waals surface area (Å²) in [5.41, 5.74) is 7.38. The Hall–Kier alpha value is -3.04. The first kappa shape index (κ1) is 24.6. The molecule has 3 aromatic rings. The van der Waals surface area contributed by atoms with E-state index in [2.05, 4.69) is 15.3 Å². The summed E-state index contributed by atoms with van der Waals surface area (Å²) >= 11 is 0. The minimum absolute atomic E-state index is 0. The molecule has 1 amide bonds. The van der Waals surface area contributed by atoms with E-state index in [1.54, 1.807) is 19.1 Å². The number of fused-ring (bicyclic) bond motifs is 1. The van der Waals surface area contributed by atoms with Crippen molar-refractivity contribution in [2.45, 2.75) is 45.1 Å². The van der Waals surface area contributed by atoms with E-state index in [1.165, 1.54) is 22.9 Å². The number of carbonyl (C=O) groups excluding carboxylic acids is 2. The Morgan fingerprint density at radius 3 is 2.73 bits per heavy atom. The predicted molar refractivity (Wildman–Crippen MR) is 123 cm³/mol. The number of aryl methyl sites for hydroxylation is 1. The van der Waals surface area contributed by atoms with Gasteiger partial charge in [0.1, 0.15) is 12.1 Å². The standard InChI is InChI=1S/C23H26FN5O3.ClH/c1-13-18(23(32)29-12-27-19(21(25)31)22(29)28-13)9-8-17-11-15(3-2-10-26-17)20(30)14-4-6-16(24)7-5-14;/h4-7,12,15,17,26,32H,2-3,8-11H2,1H3,(H2,25,31);1H. The van der Waals surface area contributed by atoms with Gasteiger partial charge in [-0.3, -0.25) is 14.0 Å². The maximum absolute atomic E-state index is 13.2. The minimum atomic E-state index is -0.703. The minimum Gasteiger partial charge on any atom is -0.494 e. The topological polar surface area (TPSA) is 123 Å². The Labute approximate surface area is 196 Å². The number of nitrogens with zero attached hydrogens (tertiary/aromatic N) is 3. The lowest BCUT2D eigenvalue weighted by Gasteiger charge is -2.20. The first-order valence-corrected chi connectivity index (χ1v) is 10.7. The third kappa shape index (κ3) is 5.15. The van der Waals surface area contributed by atoms with Crippen molar-refractivity contribution in [2.24, 2.45) is 11.7 Å². The number of hydrogen-bond donors (Lipinski definition) is 3. The molecule has 1 fully saturated rings. The van der Waals surface area contributed by atoms with Gasteiger partial charge in [0.2, 0.25) is 5.88 Å². The van der Waals surface area contributed by atoms with Crippen molar-refractivity contribution in [3.05, 3.63) is 58.9 Å². The zero-order valence-electron chi connectivity index (χ0n) is 18.3. The van der Waals surface area contributed by atoms with Crippen LogP contribution in [0.3, 0.4) is 0 Å². The maximum Gasteiger partial charge on any atom is 0.271 e. The molecule has 0 aliphatic carbocycles. The molecule has 0 radical (unpaired) electrons. The highest BCUT2D eigenvalue weighted by atomic mass is 35.5. The third-order valence-electron chi connectivity index (χ3n) is 6.16. The van der Waals surface area contributed by atoms with Crippen molar-refractivity contribution in [2.75, 3.05) is 6.54 Å². The van der Waals surface area contributed by atoms with Gasteiger partial charge in [-0.1, -0.05) is 0 Å². The number of hydrogen-bond acceptors (Lipinski definition) is 6. The molecule has 2 aromatic heterocycles. The second-order valence-corrected chi connectivity index (χ2v) is 8.29. The van der Waals surface area contributed by atoms with Gasteiger partial charge in [0.15, 0.2) is 17.1 Å². The highest BCUT2D eigenvalue weighted by Gasteiger charge is 2.27. The molecule has 0 saturated carbocycles. The number of rotatable bonds is 6. The van der Waals surface area contributed by atoms with Crippen molar-refractivity contribution in [1.29, 1.82) is 0 Å². The number of imidazole rings is 1. The van der Waals surface area contributed by atoms with E-state index >= 15 is 0 Å². The van der Waals surface area contributed by atoms with Gasteiger partial charge in [-0.05, 0) is 69.8 Å². The van der Waals surface area contributed by atoms with Crippen LogP contribution in [0.5, 0.6) is 5.88 Å². The largest absolute Gasteiger partial charge is 0.494 e. The van der Waals surface area contributed by atoms with Gasteiger partial charge < -0.3 is 16.2 Å². The number of aromatic nitrogens is 3. The SMILES string of the molecule is Cc1nc2c(C(N)=O)ncn2c(O)c1CCC1CC(C(=O)c2ccc(F)cc2)CCCN1.Cl. The Morgan fingerprint density at radius 2 is 2.03 bits per heavy atom. The van der Waals surface area contributed by atoms with E-state index in [0.717, 1.165) is 19.4 Å². The molecule has 1 saturated heterocycles. The van der Waals surface area contributed by atoms with Crippen molar-refractivity contribution >= 4 is 29.7 Å². The average molecular weight is 476 g/mol. The highest BCUT2D eigenvalue weighted by Crippen LogP contribution is 2.28. The van der Waals surface area contributed by atoms with Gasteiger partial charge in [0, 0.05) is 28.8 Å². The van der Waals surface area contributed by atoms with Crippen LogP contribution < -0.4 is 11.1 Å². The molecule has 8 nitrogen and oxygen atoms in total. The lowest BCUT2D eigenvalue weighted by molar-refractivity contribution is 0.0902. The zero-order chi connectivity index (χ0) is 22.8. The monoisotopic (exact) mass is 475 g/mol. The molecule has 2 unspecified atom stereocenters.